The van der Waals surface area contributed by atoms with E-state index < -0.39 is 0 Å². The van der Waals surface area contributed by atoms with E-state index in [2.05, 4.69) is 84.9 Å². The first-order valence-corrected chi connectivity index (χ1v) is 15.7. The normalized spacial score (nSPS) is 11.3. The van der Waals surface area contributed by atoms with Crippen LogP contribution in [-0.4, -0.2) is 0 Å². The maximum atomic E-state index is 10.2. The van der Waals surface area contributed by atoms with Gasteiger partial charge < -0.3 is 8.83 Å². The van der Waals surface area contributed by atoms with E-state index in [0.717, 1.165) is 82.8 Å². The Hall–Kier alpha value is -6.88. The van der Waals surface area contributed by atoms with Crippen LogP contribution in [0.2, 0.25) is 0 Å². The van der Waals surface area contributed by atoms with Crippen LogP contribution in [0.25, 0.3) is 88.4 Å². The second kappa shape index (κ2) is 10.9. The molecule has 0 fully saturated rings. The highest BCUT2D eigenvalue weighted by Crippen LogP contribution is 2.46. The van der Waals surface area contributed by atoms with Crippen molar-refractivity contribution in [3.05, 3.63) is 157 Å². The molecule has 222 valence electrons. The first-order chi connectivity index (χ1) is 23.7. The predicted octanol–water partition coefficient (Wildman–Crippen LogP) is 11.9. The molecule has 0 aliphatic rings. The van der Waals surface area contributed by atoms with Crippen LogP contribution in [0, 0.1) is 22.7 Å². The predicted molar refractivity (Wildman–Crippen MR) is 192 cm³/mol. The molecule has 0 saturated carbocycles. The molecule has 0 bridgehead atoms. The second-order valence-corrected chi connectivity index (χ2v) is 11.9. The summed E-state index contributed by atoms with van der Waals surface area (Å²) in [7, 11) is 0. The van der Waals surface area contributed by atoms with Gasteiger partial charge in [-0.05, 0) is 99.6 Å². The van der Waals surface area contributed by atoms with Crippen LogP contribution < -0.4 is 0 Å². The van der Waals surface area contributed by atoms with E-state index in [4.69, 9.17) is 8.83 Å². The Morgan fingerprint density at radius 2 is 0.833 bits per heavy atom. The SMILES string of the molecule is N#Cc1cccc(C#N)c1-c1cc(-c2ccc3oc4ccccc4c3c2)c(-c2ccccc2)c(-c2ccc3oc4ccccc4c3c2)c1. The Morgan fingerprint density at radius 3 is 1.35 bits per heavy atom. The molecule has 0 spiro atoms. The van der Waals surface area contributed by atoms with Gasteiger partial charge in [-0.15, -0.1) is 0 Å². The molecular formula is C44H24N2O2. The summed E-state index contributed by atoms with van der Waals surface area (Å²) >= 11 is 0. The van der Waals surface area contributed by atoms with Gasteiger partial charge in [0.25, 0.3) is 0 Å². The molecule has 0 amide bonds. The van der Waals surface area contributed by atoms with E-state index in [1.807, 2.05) is 54.6 Å². The summed E-state index contributed by atoms with van der Waals surface area (Å²) in [5.41, 5.74) is 11.7. The number of hydrogen-bond donors (Lipinski definition) is 0. The third-order valence-corrected chi connectivity index (χ3v) is 9.17. The van der Waals surface area contributed by atoms with E-state index in [1.54, 1.807) is 18.2 Å². The number of fused-ring (bicyclic) bond motifs is 6. The standard InChI is InChI=1S/C44H24N2O2/c45-25-30-11-8-12-31(26-46)43(30)32-23-35(28-17-19-41-37(21-28)33-13-4-6-15-39(33)47-41)44(27-9-2-1-3-10-27)36(24-32)29-18-20-42-38(22-29)34-14-5-7-16-40(34)48-42/h1-24H. The van der Waals surface area contributed by atoms with E-state index >= 15 is 0 Å². The summed E-state index contributed by atoms with van der Waals surface area (Å²) < 4.78 is 12.4. The zero-order valence-corrected chi connectivity index (χ0v) is 25.6. The van der Waals surface area contributed by atoms with Crippen molar-refractivity contribution in [1.82, 2.24) is 0 Å². The minimum atomic E-state index is 0.450. The molecule has 48 heavy (non-hydrogen) atoms. The van der Waals surface area contributed by atoms with E-state index in [0.29, 0.717) is 16.7 Å². The number of hydrogen-bond acceptors (Lipinski definition) is 4. The van der Waals surface area contributed by atoms with Crippen LogP contribution in [0.5, 0.6) is 0 Å². The fourth-order valence-corrected chi connectivity index (χ4v) is 6.99. The highest BCUT2D eigenvalue weighted by molar-refractivity contribution is 6.09. The summed E-state index contributed by atoms with van der Waals surface area (Å²) in [4.78, 5) is 0. The maximum Gasteiger partial charge on any atom is 0.135 e. The average molecular weight is 613 g/mol. The van der Waals surface area contributed by atoms with Crippen molar-refractivity contribution in [2.24, 2.45) is 0 Å². The Labute approximate surface area is 275 Å². The van der Waals surface area contributed by atoms with E-state index in [9.17, 15) is 10.5 Å². The summed E-state index contributed by atoms with van der Waals surface area (Å²) in [5, 5.41) is 24.6. The van der Waals surface area contributed by atoms with Crippen LogP contribution in [0.1, 0.15) is 11.1 Å². The molecule has 7 aromatic carbocycles. The first kappa shape index (κ1) is 27.4. The van der Waals surface area contributed by atoms with Crippen molar-refractivity contribution in [2.75, 3.05) is 0 Å². The molecule has 0 aliphatic carbocycles. The Bertz CT molecular complexity index is 2640. The number of furan rings is 2. The van der Waals surface area contributed by atoms with Crippen molar-refractivity contribution in [1.29, 1.82) is 10.5 Å². The van der Waals surface area contributed by atoms with Crippen molar-refractivity contribution in [3.63, 3.8) is 0 Å². The lowest BCUT2D eigenvalue weighted by Crippen LogP contribution is -1.96. The van der Waals surface area contributed by atoms with Gasteiger partial charge in [-0.3, -0.25) is 0 Å². The Balaban J connectivity index is 1.42. The van der Waals surface area contributed by atoms with Gasteiger partial charge in [0.15, 0.2) is 0 Å². The molecule has 2 heterocycles. The Morgan fingerprint density at radius 1 is 0.354 bits per heavy atom. The lowest BCUT2D eigenvalue weighted by atomic mass is 9.83. The molecule has 0 aliphatic heterocycles. The smallest absolute Gasteiger partial charge is 0.135 e. The summed E-state index contributed by atoms with van der Waals surface area (Å²) in [6.45, 7) is 0. The zero-order valence-electron chi connectivity index (χ0n) is 25.6. The van der Waals surface area contributed by atoms with Gasteiger partial charge in [0.05, 0.1) is 23.3 Å². The monoisotopic (exact) mass is 612 g/mol. The second-order valence-electron chi connectivity index (χ2n) is 11.9. The number of nitrogens with zero attached hydrogens (tertiary/aromatic N) is 2. The largest absolute Gasteiger partial charge is 0.456 e. The molecule has 4 heteroatoms. The fraction of sp³-hybridized carbons (Fsp3) is 0. The topological polar surface area (TPSA) is 73.9 Å². The van der Waals surface area contributed by atoms with Crippen LogP contribution in [0.3, 0.4) is 0 Å². The third kappa shape index (κ3) is 4.29. The number of para-hydroxylation sites is 2. The lowest BCUT2D eigenvalue weighted by Gasteiger charge is -2.20. The van der Waals surface area contributed by atoms with Crippen LogP contribution in [-0.2, 0) is 0 Å². The molecular weight excluding hydrogens is 588 g/mol. The van der Waals surface area contributed by atoms with Crippen LogP contribution >= 0.6 is 0 Å². The van der Waals surface area contributed by atoms with Gasteiger partial charge in [-0.2, -0.15) is 10.5 Å². The fourth-order valence-electron chi connectivity index (χ4n) is 6.99. The molecule has 4 nitrogen and oxygen atoms in total. The summed E-state index contributed by atoms with van der Waals surface area (Å²) in [5.74, 6) is 0. The molecule has 0 radical (unpaired) electrons. The van der Waals surface area contributed by atoms with Crippen LogP contribution in [0.4, 0.5) is 0 Å². The third-order valence-electron chi connectivity index (χ3n) is 9.17. The number of benzene rings is 7. The highest BCUT2D eigenvalue weighted by Gasteiger charge is 2.21. The molecule has 0 saturated heterocycles. The Kier molecular flexibility index (Phi) is 6.22. The van der Waals surface area contributed by atoms with Crippen LogP contribution in [0.15, 0.2) is 154 Å². The van der Waals surface area contributed by atoms with Gasteiger partial charge in [0, 0.05) is 27.1 Å². The van der Waals surface area contributed by atoms with Crippen molar-refractivity contribution >= 4 is 43.9 Å². The van der Waals surface area contributed by atoms with Crippen molar-refractivity contribution < 1.29 is 8.83 Å². The minimum Gasteiger partial charge on any atom is -0.456 e. The highest BCUT2D eigenvalue weighted by atomic mass is 16.3. The molecule has 9 rings (SSSR count). The minimum absolute atomic E-state index is 0.450. The van der Waals surface area contributed by atoms with Crippen molar-refractivity contribution in [2.45, 2.75) is 0 Å². The summed E-state index contributed by atoms with van der Waals surface area (Å²) in [6, 6.07) is 53.4. The van der Waals surface area contributed by atoms with Gasteiger partial charge >= 0.3 is 0 Å². The molecule has 0 N–H and O–H groups in total. The summed E-state index contributed by atoms with van der Waals surface area (Å²) in [6.07, 6.45) is 0. The zero-order chi connectivity index (χ0) is 32.2. The average Bonchev–Trinajstić information content (AvgIpc) is 3.72. The molecule has 0 unspecified atom stereocenters. The number of rotatable bonds is 4. The maximum absolute atomic E-state index is 10.2. The quantitative estimate of drug-likeness (QED) is 0.198. The van der Waals surface area contributed by atoms with Gasteiger partial charge in [0.2, 0.25) is 0 Å². The molecule has 0 atom stereocenters. The lowest BCUT2D eigenvalue weighted by molar-refractivity contribution is 0.668. The molecule has 9 aromatic rings. The van der Waals surface area contributed by atoms with Gasteiger partial charge in [-0.1, -0.05) is 84.9 Å². The van der Waals surface area contributed by atoms with Gasteiger partial charge in [-0.25, -0.2) is 0 Å². The van der Waals surface area contributed by atoms with Crippen molar-refractivity contribution in [3.8, 4) is 56.6 Å². The first-order valence-electron chi connectivity index (χ1n) is 15.7. The van der Waals surface area contributed by atoms with E-state index in [-0.39, 0.29) is 0 Å². The number of nitriles is 2. The van der Waals surface area contributed by atoms with Gasteiger partial charge in [0.1, 0.15) is 22.3 Å². The molecule has 2 aromatic heterocycles. The van der Waals surface area contributed by atoms with E-state index in [1.165, 1.54) is 0 Å².